The van der Waals surface area contributed by atoms with Crippen LogP contribution in [0, 0.1) is 0 Å². The lowest BCUT2D eigenvalue weighted by Gasteiger charge is -2.17. The van der Waals surface area contributed by atoms with Crippen molar-refractivity contribution in [3.05, 3.63) is 36.0 Å². The van der Waals surface area contributed by atoms with Gasteiger partial charge in [0.15, 0.2) is 5.16 Å². The predicted molar refractivity (Wildman–Crippen MR) is 105 cm³/mol. The van der Waals surface area contributed by atoms with Crippen molar-refractivity contribution >= 4 is 41.0 Å². The van der Waals surface area contributed by atoms with Gasteiger partial charge in [-0.2, -0.15) is 0 Å². The van der Waals surface area contributed by atoms with Crippen LogP contribution in [0.1, 0.15) is 17.3 Å². The molecule has 0 bridgehead atoms. The average molecular weight is 387 g/mol. The summed E-state index contributed by atoms with van der Waals surface area (Å²) in [6.45, 7) is 3.34. The largest absolute Gasteiger partial charge is 0.462 e. The summed E-state index contributed by atoms with van der Waals surface area (Å²) in [5.74, 6) is -0.116. The van der Waals surface area contributed by atoms with E-state index in [0.717, 1.165) is 5.69 Å². The standard InChI is InChI=1S/C18H21N5O3S/c1-4-26-16(24)14-11-19-17(27-3)21-15(14)20-12-6-5-7-13(10-12)23-9-8-22(2)18(23)25/h5-7,10-11H,4,8-9H2,1-3H3,(H,19,20,21). The van der Waals surface area contributed by atoms with Crippen molar-refractivity contribution in [2.45, 2.75) is 12.1 Å². The van der Waals surface area contributed by atoms with E-state index in [-0.39, 0.29) is 18.2 Å². The zero-order valence-electron chi connectivity index (χ0n) is 15.4. The maximum Gasteiger partial charge on any atom is 0.343 e. The van der Waals surface area contributed by atoms with E-state index in [1.165, 1.54) is 18.0 Å². The molecule has 1 aliphatic rings. The van der Waals surface area contributed by atoms with Crippen LogP contribution in [0.3, 0.4) is 0 Å². The molecule has 1 aromatic carbocycles. The Morgan fingerprint density at radius 1 is 1.37 bits per heavy atom. The van der Waals surface area contributed by atoms with Gasteiger partial charge in [0, 0.05) is 37.7 Å². The first-order valence-corrected chi connectivity index (χ1v) is 9.73. The van der Waals surface area contributed by atoms with Crippen LogP contribution < -0.4 is 10.2 Å². The summed E-state index contributed by atoms with van der Waals surface area (Å²) in [5.41, 5.74) is 1.76. The molecule has 27 heavy (non-hydrogen) atoms. The molecular formula is C18H21N5O3S. The van der Waals surface area contributed by atoms with E-state index in [2.05, 4.69) is 15.3 Å². The number of urea groups is 1. The topological polar surface area (TPSA) is 87.7 Å². The summed E-state index contributed by atoms with van der Waals surface area (Å²) in [5, 5.41) is 3.70. The number of amides is 2. The van der Waals surface area contributed by atoms with E-state index in [0.29, 0.717) is 29.8 Å². The molecule has 1 aliphatic heterocycles. The van der Waals surface area contributed by atoms with Gasteiger partial charge in [-0.15, -0.1) is 0 Å². The van der Waals surface area contributed by atoms with Crippen molar-refractivity contribution in [2.75, 3.05) is 43.2 Å². The second-order valence-corrected chi connectivity index (χ2v) is 6.64. The molecule has 0 radical (unpaired) electrons. The average Bonchev–Trinajstić information content (AvgIpc) is 3.01. The molecule has 8 nitrogen and oxygen atoms in total. The maximum absolute atomic E-state index is 12.2. The summed E-state index contributed by atoms with van der Waals surface area (Å²) >= 11 is 1.38. The second-order valence-electron chi connectivity index (χ2n) is 5.87. The quantitative estimate of drug-likeness (QED) is 0.463. The maximum atomic E-state index is 12.2. The zero-order valence-corrected chi connectivity index (χ0v) is 16.2. The Labute approximate surface area is 161 Å². The van der Waals surface area contributed by atoms with Crippen molar-refractivity contribution in [1.82, 2.24) is 14.9 Å². The molecule has 1 saturated heterocycles. The fourth-order valence-corrected chi connectivity index (χ4v) is 3.03. The Balaban J connectivity index is 1.90. The van der Waals surface area contributed by atoms with Crippen LogP contribution in [-0.2, 0) is 4.74 Å². The van der Waals surface area contributed by atoms with Gasteiger partial charge in [0.05, 0.1) is 6.61 Å². The van der Waals surface area contributed by atoms with Crippen molar-refractivity contribution < 1.29 is 14.3 Å². The molecule has 3 rings (SSSR count). The highest BCUT2D eigenvalue weighted by Crippen LogP contribution is 2.26. The molecule has 2 aromatic rings. The molecule has 142 valence electrons. The smallest absolute Gasteiger partial charge is 0.343 e. The van der Waals surface area contributed by atoms with Gasteiger partial charge in [-0.3, -0.25) is 4.90 Å². The molecule has 9 heteroatoms. The van der Waals surface area contributed by atoms with E-state index in [4.69, 9.17) is 4.74 Å². The highest BCUT2D eigenvalue weighted by atomic mass is 32.2. The van der Waals surface area contributed by atoms with E-state index in [9.17, 15) is 9.59 Å². The number of aromatic nitrogens is 2. The van der Waals surface area contributed by atoms with Gasteiger partial charge >= 0.3 is 12.0 Å². The lowest BCUT2D eigenvalue weighted by Crippen LogP contribution is -2.29. The summed E-state index contributed by atoms with van der Waals surface area (Å²) in [4.78, 5) is 36.4. The fraction of sp³-hybridized carbons (Fsp3) is 0.333. The summed E-state index contributed by atoms with van der Waals surface area (Å²) < 4.78 is 5.09. The first kappa shape index (κ1) is 19.0. The molecule has 0 atom stereocenters. The lowest BCUT2D eigenvalue weighted by atomic mass is 10.2. The molecule has 1 fully saturated rings. The van der Waals surface area contributed by atoms with Gasteiger partial charge in [-0.25, -0.2) is 19.6 Å². The first-order chi connectivity index (χ1) is 13.0. The normalized spacial score (nSPS) is 13.8. The number of nitrogens with zero attached hydrogens (tertiary/aromatic N) is 4. The number of likely N-dealkylation sites (N-methyl/N-ethyl adjacent to an activating group) is 1. The molecular weight excluding hydrogens is 366 g/mol. The number of nitrogens with one attached hydrogen (secondary N) is 1. The van der Waals surface area contributed by atoms with Gasteiger partial charge < -0.3 is 15.0 Å². The molecule has 0 saturated carbocycles. The van der Waals surface area contributed by atoms with Crippen LogP contribution in [0.2, 0.25) is 0 Å². The monoisotopic (exact) mass is 387 g/mol. The third-order valence-electron chi connectivity index (χ3n) is 4.08. The Morgan fingerprint density at radius 3 is 2.85 bits per heavy atom. The van der Waals surface area contributed by atoms with E-state index in [1.54, 1.807) is 23.8 Å². The van der Waals surface area contributed by atoms with Crippen molar-refractivity contribution in [3.8, 4) is 0 Å². The Kier molecular flexibility index (Phi) is 5.80. The number of hydrogen-bond donors (Lipinski definition) is 1. The minimum absolute atomic E-state index is 0.0360. The molecule has 1 aromatic heterocycles. The third-order valence-corrected chi connectivity index (χ3v) is 4.64. The fourth-order valence-electron chi connectivity index (χ4n) is 2.69. The van der Waals surface area contributed by atoms with Gasteiger partial charge in [-0.05, 0) is 31.4 Å². The molecule has 0 aliphatic carbocycles. The number of rotatable bonds is 6. The summed E-state index contributed by atoms with van der Waals surface area (Å²) in [6, 6.07) is 7.40. The second kappa shape index (κ2) is 8.26. The number of benzene rings is 1. The minimum atomic E-state index is -0.486. The predicted octanol–water partition coefficient (Wildman–Crippen LogP) is 2.99. The Bertz CT molecular complexity index is 861. The number of anilines is 3. The summed E-state index contributed by atoms with van der Waals surface area (Å²) in [7, 11) is 1.78. The van der Waals surface area contributed by atoms with Gasteiger partial charge in [0.1, 0.15) is 11.4 Å². The molecule has 1 N–H and O–H groups in total. The van der Waals surface area contributed by atoms with Crippen molar-refractivity contribution in [1.29, 1.82) is 0 Å². The molecule has 2 heterocycles. The molecule has 0 unspecified atom stereocenters. The molecule has 0 spiro atoms. The van der Waals surface area contributed by atoms with Crippen molar-refractivity contribution in [2.24, 2.45) is 0 Å². The van der Waals surface area contributed by atoms with Crippen LogP contribution in [0.5, 0.6) is 0 Å². The van der Waals surface area contributed by atoms with Crippen molar-refractivity contribution in [3.63, 3.8) is 0 Å². The van der Waals surface area contributed by atoms with E-state index < -0.39 is 5.97 Å². The van der Waals surface area contributed by atoms with Gasteiger partial charge in [0.25, 0.3) is 0 Å². The van der Waals surface area contributed by atoms with Crippen LogP contribution in [0.4, 0.5) is 22.0 Å². The van der Waals surface area contributed by atoms with Gasteiger partial charge in [0.2, 0.25) is 0 Å². The third kappa shape index (κ3) is 4.13. The Hall–Kier alpha value is -2.81. The number of hydrogen-bond acceptors (Lipinski definition) is 7. The zero-order chi connectivity index (χ0) is 19.4. The SMILES string of the molecule is CCOC(=O)c1cnc(SC)nc1Nc1cccc(N2CCN(C)C2=O)c1. The van der Waals surface area contributed by atoms with Crippen LogP contribution in [0.15, 0.2) is 35.6 Å². The van der Waals surface area contributed by atoms with Crippen LogP contribution >= 0.6 is 11.8 Å². The number of esters is 1. The number of carbonyl (C=O) groups excluding carboxylic acids is 2. The van der Waals surface area contributed by atoms with Crippen LogP contribution in [0.25, 0.3) is 0 Å². The number of thioether (sulfide) groups is 1. The molecule has 2 amide bonds. The van der Waals surface area contributed by atoms with Crippen LogP contribution in [-0.4, -0.2) is 59.9 Å². The highest BCUT2D eigenvalue weighted by Gasteiger charge is 2.26. The summed E-state index contributed by atoms with van der Waals surface area (Å²) in [6.07, 6.45) is 3.32. The minimum Gasteiger partial charge on any atom is -0.462 e. The number of carbonyl (C=O) groups is 2. The first-order valence-electron chi connectivity index (χ1n) is 8.51. The van der Waals surface area contributed by atoms with Gasteiger partial charge in [-0.1, -0.05) is 17.8 Å². The van der Waals surface area contributed by atoms with E-state index in [1.807, 2.05) is 30.5 Å². The highest BCUT2D eigenvalue weighted by molar-refractivity contribution is 7.98. The Morgan fingerprint density at radius 2 is 2.19 bits per heavy atom. The lowest BCUT2D eigenvalue weighted by molar-refractivity contribution is 0.0526. The number of ether oxygens (including phenoxy) is 1. The van der Waals surface area contributed by atoms with E-state index >= 15 is 0 Å².